The van der Waals surface area contributed by atoms with E-state index in [1.807, 2.05) is 13.8 Å². The number of rotatable bonds is 5. The van der Waals surface area contributed by atoms with E-state index >= 15 is 0 Å². The van der Waals surface area contributed by atoms with Crippen molar-refractivity contribution in [2.75, 3.05) is 13.1 Å². The van der Waals surface area contributed by atoms with Crippen LogP contribution < -0.4 is 10.6 Å². The molecule has 1 aliphatic rings. The number of carbonyl (C=O) groups excluding carboxylic acids is 1. The highest BCUT2D eigenvalue weighted by Gasteiger charge is 2.39. The number of aliphatic carboxylic acids is 1. The first-order chi connectivity index (χ1) is 8.46. The molecule has 5 nitrogen and oxygen atoms in total. The fraction of sp³-hybridized carbons (Fsp3) is 0.846. The number of amides is 2. The van der Waals surface area contributed by atoms with Crippen molar-refractivity contribution in [1.82, 2.24) is 10.6 Å². The van der Waals surface area contributed by atoms with Crippen LogP contribution in [0.1, 0.15) is 46.0 Å². The van der Waals surface area contributed by atoms with Crippen molar-refractivity contribution in [2.24, 2.45) is 11.3 Å². The first-order valence-corrected chi connectivity index (χ1v) is 6.71. The van der Waals surface area contributed by atoms with E-state index < -0.39 is 11.4 Å². The van der Waals surface area contributed by atoms with Gasteiger partial charge in [-0.2, -0.15) is 0 Å². The maximum Gasteiger partial charge on any atom is 0.314 e. The summed E-state index contributed by atoms with van der Waals surface area (Å²) in [7, 11) is 0. The summed E-state index contributed by atoms with van der Waals surface area (Å²) in [5.41, 5.74) is -0.757. The molecular weight excluding hydrogens is 232 g/mol. The molecule has 18 heavy (non-hydrogen) atoms. The summed E-state index contributed by atoms with van der Waals surface area (Å²) in [6, 6.07) is -0.269. The fourth-order valence-electron chi connectivity index (χ4n) is 2.30. The third kappa shape index (κ3) is 4.20. The molecule has 0 bridgehead atoms. The molecule has 0 aromatic rings. The Labute approximate surface area is 108 Å². The maximum atomic E-state index is 11.5. The number of urea groups is 1. The second-order valence-electron chi connectivity index (χ2n) is 5.60. The zero-order valence-electron chi connectivity index (χ0n) is 11.3. The lowest BCUT2D eigenvalue weighted by molar-refractivity contribution is -0.150. The lowest BCUT2D eigenvalue weighted by Crippen LogP contribution is -2.47. The van der Waals surface area contributed by atoms with Crippen LogP contribution in [0.2, 0.25) is 0 Å². The van der Waals surface area contributed by atoms with Gasteiger partial charge in [0.25, 0.3) is 0 Å². The van der Waals surface area contributed by atoms with E-state index in [0.717, 1.165) is 19.3 Å². The van der Waals surface area contributed by atoms with Gasteiger partial charge in [-0.3, -0.25) is 4.79 Å². The van der Waals surface area contributed by atoms with Crippen molar-refractivity contribution >= 4 is 12.0 Å². The monoisotopic (exact) mass is 256 g/mol. The molecule has 3 N–H and O–H groups in total. The minimum absolute atomic E-state index is 0.228. The van der Waals surface area contributed by atoms with E-state index in [4.69, 9.17) is 0 Å². The van der Waals surface area contributed by atoms with E-state index in [-0.39, 0.29) is 12.6 Å². The van der Waals surface area contributed by atoms with Crippen LogP contribution in [0.3, 0.4) is 0 Å². The van der Waals surface area contributed by atoms with Crippen molar-refractivity contribution in [3.05, 3.63) is 0 Å². The Morgan fingerprint density at radius 2 is 1.78 bits per heavy atom. The number of carboxylic acid groups (broad SMARTS) is 1. The Balaban J connectivity index is 2.42. The van der Waals surface area contributed by atoms with Gasteiger partial charge in [-0.1, -0.05) is 33.1 Å². The van der Waals surface area contributed by atoms with Gasteiger partial charge in [0.15, 0.2) is 0 Å². The van der Waals surface area contributed by atoms with E-state index in [2.05, 4.69) is 10.6 Å². The molecule has 1 fully saturated rings. The molecule has 104 valence electrons. The minimum Gasteiger partial charge on any atom is -0.481 e. The van der Waals surface area contributed by atoms with Crippen LogP contribution in [0.15, 0.2) is 0 Å². The summed E-state index contributed by atoms with van der Waals surface area (Å²) >= 11 is 0. The van der Waals surface area contributed by atoms with Gasteiger partial charge in [0.2, 0.25) is 0 Å². The van der Waals surface area contributed by atoms with Gasteiger partial charge in [0, 0.05) is 13.1 Å². The third-order valence-electron chi connectivity index (χ3n) is 3.52. The highest BCUT2D eigenvalue weighted by Crippen LogP contribution is 2.35. The van der Waals surface area contributed by atoms with E-state index in [0.29, 0.717) is 25.3 Å². The van der Waals surface area contributed by atoms with Crippen molar-refractivity contribution < 1.29 is 14.7 Å². The molecule has 0 heterocycles. The molecule has 1 saturated carbocycles. The predicted molar refractivity (Wildman–Crippen MR) is 69.4 cm³/mol. The molecule has 0 spiro atoms. The average Bonchev–Trinajstić information content (AvgIpc) is 2.34. The molecule has 0 radical (unpaired) electrons. The average molecular weight is 256 g/mol. The number of carbonyl (C=O) groups is 2. The molecule has 0 aliphatic heterocycles. The second kappa shape index (κ2) is 6.61. The SMILES string of the molecule is CC(C)CNC(=O)NCC1(C(=O)O)CCCCC1. The molecule has 1 rings (SSSR count). The number of nitrogens with one attached hydrogen (secondary N) is 2. The van der Waals surface area contributed by atoms with Gasteiger partial charge in [0.1, 0.15) is 0 Å². The summed E-state index contributed by atoms with van der Waals surface area (Å²) < 4.78 is 0. The molecule has 0 saturated heterocycles. The Bertz CT molecular complexity index is 297. The van der Waals surface area contributed by atoms with E-state index in [1.165, 1.54) is 0 Å². The molecule has 0 atom stereocenters. The topological polar surface area (TPSA) is 78.4 Å². The smallest absolute Gasteiger partial charge is 0.314 e. The van der Waals surface area contributed by atoms with Gasteiger partial charge < -0.3 is 15.7 Å². The van der Waals surface area contributed by atoms with Gasteiger partial charge in [-0.15, -0.1) is 0 Å². The maximum absolute atomic E-state index is 11.5. The van der Waals surface area contributed by atoms with Gasteiger partial charge in [-0.25, -0.2) is 4.79 Å². The van der Waals surface area contributed by atoms with Crippen molar-refractivity contribution in [2.45, 2.75) is 46.0 Å². The zero-order valence-corrected chi connectivity index (χ0v) is 11.3. The highest BCUT2D eigenvalue weighted by molar-refractivity contribution is 5.78. The largest absolute Gasteiger partial charge is 0.481 e. The summed E-state index contributed by atoms with van der Waals surface area (Å²) in [6.45, 7) is 4.86. The first-order valence-electron chi connectivity index (χ1n) is 6.71. The van der Waals surface area contributed by atoms with Gasteiger partial charge in [0.05, 0.1) is 5.41 Å². The molecule has 0 aromatic carbocycles. The van der Waals surface area contributed by atoms with Crippen LogP contribution in [-0.4, -0.2) is 30.2 Å². The van der Waals surface area contributed by atoms with Crippen LogP contribution in [0.4, 0.5) is 4.79 Å². The van der Waals surface area contributed by atoms with Crippen molar-refractivity contribution in [3.63, 3.8) is 0 Å². The van der Waals surface area contributed by atoms with Gasteiger partial charge >= 0.3 is 12.0 Å². The summed E-state index contributed by atoms with van der Waals surface area (Å²) in [5.74, 6) is -0.398. The van der Waals surface area contributed by atoms with E-state index in [1.54, 1.807) is 0 Å². The minimum atomic E-state index is -0.786. The number of hydrogen-bond donors (Lipinski definition) is 3. The third-order valence-corrected chi connectivity index (χ3v) is 3.52. The molecule has 5 heteroatoms. The number of hydrogen-bond acceptors (Lipinski definition) is 2. The molecule has 0 aromatic heterocycles. The van der Waals surface area contributed by atoms with Gasteiger partial charge in [-0.05, 0) is 18.8 Å². The Kier molecular flexibility index (Phi) is 5.44. The summed E-state index contributed by atoms with van der Waals surface area (Å²) in [6.07, 6.45) is 4.28. The predicted octanol–water partition coefficient (Wildman–Crippen LogP) is 1.98. The van der Waals surface area contributed by atoms with Crippen LogP contribution in [0.25, 0.3) is 0 Å². The lowest BCUT2D eigenvalue weighted by atomic mass is 9.74. The molecular formula is C13H24N2O3. The van der Waals surface area contributed by atoms with Crippen molar-refractivity contribution in [1.29, 1.82) is 0 Å². The normalized spacial score (nSPS) is 18.4. The standard InChI is InChI=1S/C13H24N2O3/c1-10(2)8-14-12(18)15-9-13(11(16)17)6-4-3-5-7-13/h10H,3-9H2,1-2H3,(H,16,17)(H2,14,15,18). The quantitative estimate of drug-likeness (QED) is 0.703. The lowest BCUT2D eigenvalue weighted by Gasteiger charge is -2.33. The highest BCUT2D eigenvalue weighted by atomic mass is 16.4. The Hall–Kier alpha value is -1.26. The molecule has 2 amide bonds. The zero-order chi connectivity index (χ0) is 13.6. The number of carboxylic acids is 1. The van der Waals surface area contributed by atoms with Crippen LogP contribution in [-0.2, 0) is 4.79 Å². The van der Waals surface area contributed by atoms with Crippen LogP contribution >= 0.6 is 0 Å². The summed E-state index contributed by atoms with van der Waals surface area (Å²) in [4.78, 5) is 22.9. The second-order valence-corrected chi connectivity index (χ2v) is 5.60. The summed E-state index contributed by atoms with van der Waals surface area (Å²) in [5, 5.41) is 14.8. The van der Waals surface area contributed by atoms with Crippen LogP contribution in [0.5, 0.6) is 0 Å². The fourth-order valence-corrected chi connectivity index (χ4v) is 2.30. The molecule has 0 unspecified atom stereocenters. The Morgan fingerprint density at radius 3 is 2.28 bits per heavy atom. The van der Waals surface area contributed by atoms with Crippen LogP contribution in [0, 0.1) is 11.3 Å². The Morgan fingerprint density at radius 1 is 1.17 bits per heavy atom. The first kappa shape index (κ1) is 14.8. The molecule has 1 aliphatic carbocycles. The van der Waals surface area contributed by atoms with E-state index in [9.17, 15) is 14.7 Å². The van der Waals surface area contributed by atoms with Crippen molar-refractivity contribution in [3.8, 4) is 0 Å².